The molecule has 3 aromatic carbocycles. The van der Waals surface area contributed by atoms with Gasteiger partial charge in [-0.25, -0.2) is 5.43 Å². The predicted octanol–water partition coefficient (Wildman–Crippen LogP) is 5.01. The van der Waals surface area contributed by atoms with E-state index in [-0.39, 0.29) is 51.3 Å². The second-order valence-electron chi connectivity index (χ2n) is 22.8. The van der Waals surface area contributed by atoms with Crippen molar-refractivity contribution in [1.29, 1.82) is 0 Å². The average molecular weight is 1070 g/mol. The Morgan fingerprint density at radius 1 is 1.00 bits per heavy atom. The number of ether oxygens (including phenoxy) is 3. The van der Waals surface area contributed by atoms with Crippen LogP contribution in [0.25, 0.3) is 33.3 Å². The summed E-state index contributed by atoms with van der Waals surface area (Å²) in [6.45, 7) is 18.8. The van der Waals surface area contributed by atoms with Gasteiger partial charge in [-0.3, -0.25) is 33.8 Å². The summed E-state index contributed by atoms with van der Waals surface area (Å²) >= 11 is 0. The van der Waals surface area contributed by atoms with Gasteiger partial charge in [0.15, 0.2) is 5.60 Å². The second kappa shape index (κ2) is 24.7. The van der Waals surface area contributed by atoms with Gasteiger partial charge in [-0.05, 0) is 104 Å². The van der Waals surface area contributed by atoms with Gasteiger partial charge in [0.25, 0.3) is 11.8 Å². The molecule has 1 aromatic heterocycles. The molecule has 0 aliphatic carbocycles. The van der Waals surface area contributed by atoms with Crippen LogP contribution in [0.1, 0.15) is 77.0 Å². The summed E-state index contributed by atoms with van der Waals surface area (Å²) in [5, 5.41) is 17.0. The number of hydrazine groups is 1. The standard InChI is InChI=1S/C60H80N8O10/c1-10-51(69)66-25-22-60(75,37-66)58(74)64(8)53(39(3)4)55(71)61-49-33-40-31-43(34-44(32-40)78-52(70)20-24-65-28-26-63(7)27-29-65)42-18-19-50-46(35-42)47(54(67(50)11-2)45-16-13-12-15-41(45)21-30-76-9)36-59(5,6)38-77-57(73)48-17-14-23-68(62-48)56(49)72/h10,12-13,15-16,18-19,31-32,34-35,39,48-49,53,62,75H,1,11,14,17,20-30,33,36-38H2,2-9H3,(H,61,71)/t48-,49-,53-,60+/m0/s1. The molecule has 18 nitrogen and oxygen atoms in total. The quantitative estimate of drug-likeness (QED) is 0.0818. The SMILES string of the molecule is C=CC(=O)N1CC[C@](O)(C(=O)N(C)[C@H](C(=O)N[C@H]2Cc3cc(OC(=O)CCN4CCN(C)CC4)cc(c3)-c3ccc4c(c3)c(c(-c3ccccc3CCOC)n4CC)CC(C)(C)COC(=O)[C@@H]3CCCN(N3)C2=O)C(C)C)C1. The molecule has 3 saturated heterocycles. The molecule has 4 atom stereocenters. The molecule has 0 unspecified atom stereocenters. The number of aliphatic hydroxyl groups is 1. The Balaban J connectivity index is 1.24. The molecule has 4 aliphatic heterocycles. The lowest BCUT2D eigenvalue weighted by Crippen LogP contribution is -2.63. The molecule has 18 heteroatoms. The molecule has 78 heavy (non-hydrogen) atoms. The van der Waals surface area contributed by atoms with E-state index >= 15 is 4.79 Å². The fourth-order valence-electron chi connectivity index (χ4n) is 11.7. The summed E-state index contributed by atoms with van der Waals surface area (Å²) in [5.41, 5.74) is 8.16. The minimum absolute atomic E-state index is 0.0349. The third-order valence-corrected chi connectivity index (χ3v) is 15.9. The van der Waals surface area contributed by atoms with E-state index in [1.807, 2.05) is 18.2 Å². The second-order valence-corrected chi connectivity index (χ2v) is 22.8. The van der Waals surface area contributed by atoms with Gasteiger partial charge in [0.2, 0.25) is 11.8 Å². The van der Waals surface area contributed by atoms with Crippen molar-refractivity contribution in [3.8, 4) is 28.1 Å². The van der Waals surface area contributed by atoms with Gasteiger partial charge in [-0.1, -0.05) is 70.7 Å². The Morgan fingerprint density at radius 2 is 1.76 bits per heavy atom. The highest BCUT2D eigenvalue weighted by Crippen LogP contribution is 2.42. The van der Waals surface area contributed by atoms with Gasteiger partial charge in [-0.2, -0.15) is 0 Å². The zero-order chi connectivity index (χ0) is 56.1. The summed E-state index contributed by atoms with van der Waals surface area (Å²) in [6.07, 6.45) is 3.29. The third kappa shape index (κ3) is 13.0. The monoisotopic (exact) mass is 1070 g/mol. The molecule has 0 radical (unpaired) electrons. The third-order valence-electron chi connectivity index (χ3n) is 15.9. The van der Waals surface area contributed by atoms with Crippen LogP contribution < -0.4 is 15.5 Å². The maximum atomic E-state index is 15.1. The highest BCUT2D eigenvalue weighted by atomic mass is 16.5. The number of fused-ring (bicyclic) bond motifs is 6. The normalized spacial score (nSPS) is 21.7. The van der Waals surface area contributed by atoms with Crippen molar-refractivity contribution in [2.45, 2.75) is 110 Å². The molecular weight excluding hydrogens is 993 g/mol. The number of hydrogen-bond donors (Lipinski definition) is 3. The number of aromatic nitrogens is 1. The number of likely N-dealkylation sites (tertiary alicyclic amines) is 1. The number of hydrogen-bond acceptors (Lipinski definition) is 13. The fourth-order valence-corrected chi connectivity index (χ4v) is 11.7. The number of likely N-dealkylation sites (N-methyl/N-ethyl adjacent to an activating group) is 2. The van der Waals surface area contributed by atoms with E-state index in [2.05, 4.69) is 95.9 Å². The maximum absolute atomic E-state index is 15.1. The van der Waals surface area contributed by atoms with Crippen LogP contribution in [0.5, 0.6) is 5.75 Å². The molecule has 6 bridgehead atoms. The molecule has 4 amide bonds. The number of methoxy groups -OCH3 is 1. The maximum Gasteiger partial charge on any atom is 0.324 e. The summed E-state index contributed by atoms with van der Waals surface area (Å²) in [5.74, 6) is -3.48. The van der Waals surface area contributed by atoms with Crippen molar-refractivity contribution >= 4 is 46.5 Å². The summed E-state index contributed by atoms with van der Waals surface area (Å²) < 4.78 is 20.3. The molecule has 8 rings (SSSR count). The Bertz CT molecular complexity index is 2890. The Morgan fingerprint density at radius 3 is 2.47 bits per heavy atom. The number of piperazine rings is 1. The molecule has 3 N–H and O–H groups in total. The predicted molar refractivity (Wildman–Crippen MR) is 298 cm³/mol. The highest BCUT2D eigenvalue weighted by Gasteiger charge is 2.48. The van der Waals surface area contributed by atoms with Crippen molar-refractivity contribution in [3.05, 3.63) is 90.0 Å². The summed E-state index contributed by atoms with van der Waals surface area (Å²) in [6, 6.07) is 16.9. The van der Waals surface area contributed by atoms with E-state index in [0.29, 0.717) is 50.9 Å². The van der Waals surface area contributed by atoms with Crippen LogP contribution in [0.3, 0.4) is 0 Å². The van der Waals surface area contributed by atoms with Crippen molar-refractivity contribution < 1.29 is 48.1 Å². The van der Waals surface area contributed by atoms with E-state index in [4.69, 9.17) is 14.2 Å². The van der Waals surface area contributed by atoms with E-state index in [9.17, 15) is 29.1 Å². The average Bonchev–Trinajstić information content (AvgIpc) is 4.17. The molecule has 3 fully saturated rings. The van der Waals surface area contributed by atoms with E-state index in [1.165, 1.54) is 21.9 Å². The largest absolute Gasteiger partial charge is 0.464 e. The van der Waals surface area contributed by atoms with Crippen LogP contribution in [0.4, 0.5) is 0 Å². The van der Waals surface area contributed by atoms with Gasteiger partial charge < -0.3 is 48.8 Å². The number of amides is 4. The first-order valence-corrected chi connectivity index (χ1v) is 27.7. The Hall–Kier alpha value is -6.44. The van der Waals surface area contributed by atoms with Crippen molar-refractivity contribution in [2.24, 2.45) is 11.3 Å². The highest BCUT2D eigenvalue weighted by molar-refractivity contribution is 5.97. The minimum Gasteiger partial charge on any atom is -0.464 e. The van der Waals surface area contributed by atoms with Gasteiger partial charge in [0.05, 0.1) is 31.9 Å². The Kier molecular flexibility index (Phi) is 18.3. The molecule has 0 saturated carbocycles. The van der Waals surface area contributed by atoms with Crippen molar-refractivity contribution in [2.75, 3.05) is 86.8 Å². The Labute approximate surface area is 459 Å². The van der Waals surface area contributed by atoms with E-state index < -0.39 is 70.6 Å². The number of benzene rings is 3. The first-order chi connectivity index (χ1) is 37.2. The summed E-state index contributed by atoms with van der Waals surface area (Å²) in [4.78, 5) is 91.7. The van der Waals surface area contributed by atoms with Gasteiger partial charge in [-0.15, -0.1) is 0 Å². The number of nitrogens with zero attached hydrogens (tertiary/aromatic N) is 6. The topological polar surface area (TPSA) is 196 Å². The summed E-state index contributed by atoms with van der Waals surface area (Å²) in [7, 11) is 5.23. The number of carbonyl (C=O) groups excluding carboxylic acids is 6. The molecule has 0 spiro atoms. The van der Waals surface area contributed by atoms with Crippen LogP contribution >= 0.6 is 0 Å². The number of aryl methyl sites for hydroxylation is 1. The molecule has 420 valence electrons. The number of carbonyl (C=O) groups is 6. The fraction of sp³-hybridized carbons (Fsp3) is 0.533. The zero-order valence-electron chi connectivity index (χ0n) is 46.9. The van der Waals surface area contributed by atoms with Crippen LogP contribution in [-0.2, 0) is 64.0 Å². The molecule has 5 heterocycles. The van der Waals surface area contributed by atoms with Crippen LogP contribution in [0.2, 0.25) is 0 Å². The number of β-amino-alcohol motifs (C(OH)–C–C–N with tert-alkyl or cyclic N) is 1. The van der Waals surface area contributed by atoms with Crippen LogP contribution in [-0.4, -0.2) is 180 Å². The lowest BCUT2D eigenvalue weighted by molar-refractivity contribution is -0.156. The van der Waals surface area contributed by atoms with Crippen LogP contribution in [0, 0.1) is 11.3 Å². The van der Waals surface area contributed by atoms with Gasteiger partial charge in [0.1, 0.15) is 23.9 Å². The first kappa shape index (κ1) is 57.7. The molecule has 4 aliphatic rings. The van der Waals surface area contributed by atoms with Crippen LogP contribution in [0.15, 0.2) is 73.3 Å². The minimum atomic E-state index is -1.95. The van der Waals surface area contributed by atoms with E-state index in [0.717, 1.165) is 76.7 Å². The van der Waals surface area contributed by atoms with Crippen molar-refractivity contribution in [3.63, 3.8) is 0 Å². The molecular formula is C60H80N8O10. The lowest BCUT2D eigenvalue weighted by atomic mass is 9.83. The number of cyclic esters (lactones) is 1. The van der Waals surface area contributed by atoms with E-state index in [1.54, 1.807) is 27.0 Å². The molecule has 4 aromatic rings. The lowest BCUT2D eigenvalue weighted by Gasteiger charge is -2.37. The number of rotatable bonds is 15. The number of nitrogens with one attached hydrogen (secondary N) is 2. The van der Waals surface area contributed by atoms with Gasteiger partial charge >= 0.3 is 11.9 Å². The van der Waals surface area contributed by atoms with Crippen molar-refractivity contribution in [1.82, 2.24) is 39.9 Å². The smallest absolute Gasteiger partial charge is 0.324 e. The zero-order valence-corrected chi connectivity index (χ0v) is 46.9. The first-order valence-electron chi connectivity index (χ1n) is 27.7. The van der Waals surface area contributed by atoms with Gasteiger partial charge in [0, 0.05) is 101 Å². The number of esters is 2.